The number of thiophene rings is 1. The maximum atomic E-state index is 4.50. The highest BCUT2D eigenvalue weighted by Gasteiger charge is 2.06. The van der Waals surface area contributed by atoms with Crippen molar-refractivity contribution >= 4 is 54.2 Å². The number of fused-ring (bicyclic) bond motifs is 1. The molecular formula is C8H6Br2N2S. The lowest BCUT2D eigenvalue weighted by atomic mass is 10.3. The Morgan fingerprint density at radius 1 is 1.00 bits per heavy atom. The van der Waals surface area contributed by atoms with Crippen molar-refractivity contribution in [3.8, 4) is 0 Å². The predicted molar refractivity (Wildman–Crippen MR) is 62.7 cm³/mol. The number of alkyl halides is 2. The quantitative estimate of drug-likeness (QED) is 0.791. The molecule has 0 aliphatic rings. The number of hydrogen-bond donors (Lipinski definition) is 0. The van der Waals surface area contributed by atoms with Gasteiger partial charge in [0.25, 0.3) is 0 Å². The van der Waals surface area contributed by atoms with Gasteiger partial charge in [-0.15, -0.1) is 11.3 Å². The van der Waals surface area contributed by atoms with Gasteiger partial charge in [-0.05, 0) is 0 Å². The van der Waals surface area contributed by atoms with E-state index in [-0.39, 0.29) is 0 Å². The zero-order valence-electron chi connectivity index (χ0n) is 6.63. The van der Waals surface area contributed by atoms with Crippen molar-refractivity contribution in [3.05, 3.63) is 22.1 Å². The molecule has 0 bridgehead atoms. The molecule has 2 aromatic rings. The lowest BCUT2D eigenvalue weighted by Crippen LogP contribution is -1.96. The van der Waals surface area contributed by atoms with Crippen molar-refractivity contribution in [2.45, 2.75) is 10.7 Å². The van der Waals surface area contributed by atoms with Crippen LogP contribution in [0.2, 0.25) is 0 Å². The SMILES string of the molecule is BrCc1nc2cscc2nc1CBr. The highest BCUT2D eigenvalue weighted by Crippen LogP contribution is 2.19. The summed E-state index contributed by atoms with van der Waals surface area (Å²) in [5.41, 5.74) is 4.01. The standard InChI is InChI=1S/C8H6Br2N2S/c9-1-5-6(2-10)12-8-4-13-3-7(8)11-5/h3-4H,1-2H2. The lowest BCUT2D eigenvalue weighted by Gasteiger charge is -2.01. The molecule has 2 nitrogen and oxygen atoms in total. The third kappa shape index (κ3) is 1.78. The van der Waals surface area contributed by atoms with Gasteiger partial charge in [-0.1, -0.05) is 31.9 Å². The average Bonchev–Trinajstić information content (AvgIpc) is 2.62. The highest BCUT2D eigenvalue weighted by atomic mass is 79.9. The summed E-state index contributed by atoms with van der Waals surface area (Å²) in [5.74, 6) is 0. The van der Waals surface area contributed by atoms with Crippen LogP contribution in [-0.2, 0) is 10.7 Å². The van der Waals surface area contributed by atoms with E-state index in [2.05, 4.69) is 41.8 Å². The summed E-state index contributed by atoms with van der Waals surface area (Å²) in [7, 11) is 0. The Hall–Kier alpha value is -0.000000000000000111. The molecule has 5 heteroatoms. The second-order valence-corrected chi connectivity index (χ2v) is 4.39. The van der Waals surface area contributed by atoms with Gasteiger partial charge in [0.2, 0.25) is 0 Å². The van der Waals surface area contributed by atoms with E-state index in [1.807, 2.05) is 10.8 Å². The summed E-state index contributed by atoms with van der Waals surface area (Å²) < 4.78 is 0. The van der Waals surface area contributed by atoms with Crippen molar-refractivity contribution in [1.29, 1.82) is 0 Å². The van der Waals surface area contributed by atoms with Gasteiger partial charge in [0.05, 0.1) is 22.4 Å². The molecule has 0 unspecified atom stereocenters. The Labute approximate surface area is 96.7 Å². The second-order valence-electron chi connectivity index (χ2n) is 2.53. The van der Waals surface area contributed by atoms with Gasteiger partial charge in [0.1, 0.15) is 0 Å². The van der Waals surface area contributed by atoms with Crippen molar-refractivity contribution in [1.82, 2.24) is 9.97 Å². The Morgan fingerprint density at radius 2 is 1.46 bits per heavy atom. The summed E-state index contributed by atoms with van der Waals surface area (Å²) in [5, 5.41) is 5.55. The molecule has 0 aromatic carbocycles. The molecule has 2 heterocycles. The molecule has 0 atom stereocenters. The molecule has 68 valence electrons. The first-order valence-electron chi connectivity index (χ1n) is 3.68. The van der Waals surface area contributed by atoms with Crippen LogP contribution in [0.5, 0.6) is 0 Å². The summed E-state index contributed by atoms with van der Waals surface area (Å²) in [4.78, 5) is 8.99. The molecule has 0 saturated heterocycles. The van der Waals surface area contributed by atoms with E-state index in [4.69, 9.17) is 0 Å². The third-order valence-electron chi connectivity index (χ3n) is 1.72. The van der Waals surface area contributed by atoms with Crippen LogP contribution in [0.15, 0.2) is 10.8 Å². The maximum Gasteiger partial charge on any atom is 0.0997 e. The van der Waals surface area contributed by atoms with E-state index < -0.39 is 0 Å². The first-order chi connectivity index (χ1) is 6.35. The van der Waals surface area contributed by atoms with Crippen LogP contribution in [0.3, 0.4) is 0 Å². The minimum Gasteiger partial charge on any atom is -0.247 e. The van der Waals surface area contributed by atoms with Crippen LogP contribution in [0.25, 0.3) is 11.0 Å². The summed E-state index contributed by atoms with van der Waals surface area (Å²) >= 11 is 8.44. The van der Waals surface area contributed by atoms with E-state index in [1.54, 1.807) is 11.3 Å². The number of halogens is 2. The fourth-order valence-corrected chi connectivity index (χ4v) is 2.66. The van der Waals surface area contributed by atoms with E-state index in [9.17, 15) is 0 Å². The van der Waals surface area contributed by atoms with Gasteiger partial charge in [-0.3, -0.25) is 0 Å². The number of hydrogen-bond acceptors (Lipinski definition) is 3. The monoisotopic (exact) mass is 320 g/mol. The highest BCUT2D eigenvalue weighted by molar-refractivity contribution is 9.09. The summed E-state index contributed by atoms with van der Waals surface area (Å²) in [6.45, 7) is 0. The van der Waals surface area contributed by atoms with E-state index in [0.717, 1.165) is 33.1 Å². The van der Waals surface area contributed by atoms with Crippen LogP contribution < -0.4 is 0 Å². The number of aromatic nitrogens is 2. The Kier molecular flexibility index (Phi) is 2.96. The molecule has 0 radical (unpaired) electrons. The molecule has 0 aliphatic carbocycles. The van der Waals surface area contributed by atoms with Gasteiger partial charge in [-0.25, -0.2) is 9.97 Å². The molecule has 13 heavy (non-hydrogen) atoms. The largest absolute Gasteiger partial charge is 0.247 e. The molecule has 2 rings (SSSR count). The molecular weight excluding hydrogens is 316 g/mol. The maximum absolute atomic E-state index is 4.50. The van der Waals surface area contributed by atoms with Crippen molar-refractivity contribution in [2.75, 3.05) is 0 Å². The third-order valence-corrected chi connectivity index (χ3v) is 3.50. The molecule has 0 spiro atoms. The van der Waals surface area contributed by atoms with Crippen molar-refractivity contribution in [2.24, 2.45) is 0 Å². The predicted octanol–water partition coefficient (Wildman–Crippen LogP) is 3.48. The Bertz CT molecular complexity index is 389. The fourth-order valence-electron chi connectivity index (χ4n) is 1.08. The van der Waals surface area contributed by atoms with Crippen LogP contribution in [0.4, 0.5) is 0 Å². The van der Waals surface area contributed by atoms with Crippen LogP contribution in [0.1, 0.15) is 11.4 Å². The van der Waals surface area contributed by atoms with E-state index in [1.165, 1.54) is 0 Å². The van der Waals surface area contributed by atoms with E-state index >= 15 is 0 Å². The Morgan fingerprint density at radius 3 is 1.85 bits per heavy atom. The smallest absolute Gasteiger partial charge is 0.0997 e. The van der Waals surface area contributed by atoms with Gasteiger partial charge in [0.15, 0.2) is 0 Å². The van der Waals surface area contributed by atoms with Gasteiger partial charge >= 0.3 is 0 Å². The molecule has 2 aromatic heterocycles. The zero-order chi connectivity index (χ0) is 9.26. The van der Waals surface area contributed by atoms with Gasteiger partial charge < -0.3 is 0 Å². The molecule has 0 saturated carbocycles. The fraction of sp³-hybridized carbons (Fsp3) is 0.250. The summed E-state index contributed by atoms with van der Waals surface area (Å²) in [6, 6.07) is 0. The minimum absolute atomic E-state index is 0.757. The second kappa shape index (κ2) is 4.02. The van der Waals surface area contributed by atoms with Crippen LogP contribution in [-0.4, -0.2) is 9.97 Å². The number of nitrogens with zero attached hydrogens (tertiary/aromatic N) is 2. The topological polar surface area (TPSA) is 25.8 Å². The molecule has 0 fully saturated rings. The van der Waals surface area contributed by atoms with Gasteiger partial charge in [-0.2, -0.15) is 0 Å². The lowest BCUT2D eigenvalue weighted by molar-refractivity contribution is 1.09. The molecule has 0 amide bonds. The van der Waals surface area contributed by atoms with Gasteiger partial charge in [0, 0.05) is 21.4 Å². The first-order valence-corrected chi connectivity index (χ1v) is 6.87. The normalized spacial score (nSPS) is 10.9. The number of rotatable bonds is 2. The van der Waals surface area contributed by atoms with E-state index in [0.29, 0.717) is 0 Å². The molecule has 0 aliphatic heterocycles. The Balaban J connectivity index is 2.67. The van der Waals surface area contributed by atoms with Crippen LogP contribution in [0, 0.1) is 0 Å². The first kappa shape index (κ1) is 9.55. The zero-order valence-corrected chi connectivity index (χ0v) is 10.6. The van der Waals surface area contributed by atoms with Crippen LogP contribution >= 0.6 is 43.2 Å². The van der Waals surface area contributed by atoms with Crippen molar-refractivity contribution in [3.63, 3.8) is 0 Å². The summed E-state index contributed by atoms with van der Waals surface area (Å²) in [6.07, 6.45) is 0. The minimum atomic E-state index is 0.757. The molecule has 0 N–H and O–H groups in total. The van der Waals surface area contributed by atoms with Crippen molar-refractivity contribution < 1.29 is 0 Å². The average molecular weight is 322 g/mol.